The third-order valence-corrected chi connectivity index (χ3v) is 4.47. The number of aromatic nitrogens is 2. The Kier molecular flexibility index (Phi) is 7.04. The molecule has 0 unspecified atom stereocenters. The number of aromatic amines is 1. The minimum atomic E-state index is -0.246. The van der Waals surface area contributed by atoms with Gasteiger partial charge in [-0.25, -0.2) is 4.79 Å². The summed E-state index contributed by atoms with van der Waals surface area (Å²) in [5.41, 5.74) is 6.73. The molecule has 1 fully saturated rings. The van der Waals surface area contributed by atoms with E-state index in [1.165, 1.54) is 4.57 Å². The number of rotatable bonds is 6. The number of ether oxygens (including phenoxy) is 1. The van der Waals surface area contributed by atoms with Crippen LogP contribution in [0, 0.1) is 0 Å². The number of amides is 1. The number of piperidine rings is 1. The molecule has 2 heterocycles. The molecule has 0 saturated carbocycles. The van der Waals surface area contributed by atoms with Crippen molar-refractivity contribution in [3.8, 4) is 0 Å². The lowest BCUT2D eigenvalue weighted by Gasteiger charge is -2.32. The molecule has 1 aromatic carbocycles. The third kappa shape index (κ3) is 4.62. The Morgan fingerprint density at radius 1 is 1.28 bits per heavy atom. The van der Waals surface area contributed by atoms with E-state index in [0.29, 0.717) is 26.2 Å². The van der Waals surface area contributed by atoms with Gasteiger partial charge in [0.25, 0.3) is 0 Å². The molecule has 0 spiro atoms. The van der Waals surface area contributed by atoms with E-state index in [4.69, 9.17) is 10.5 Å². The molecule has 25 heavy (non-hydrogen) atoms. The number of carbonyl (C=O) groups excluding carboxylic acids is 1. The van der Waals surface area contributed by atoms with Gasteiger partial charge >= 0.3 is 5.69 Å². The van der Waals surface area contributed by atoms with Crippen LogP contribution >= 0.6 is 12.4 Å². The van der Waals surface area contributed by atoms with E-state index in [-0.39, 0.29) is 36.7 Å². The lowest BCUT2D eigenvalue weighted by atomic mass is 10.1. The second-order valence-corrected chi connectivity index (χ2v) is 6.13. The Morgan fingerprint density at radius 3 is 2.72 bits per heavy atom. The van der Waals surface area contributed by atoms with E-state index in [1.807, 2.05) is 29.2 Å². The van der Waals surface area contributed by atoms with Gasteiger partial charge in [-0.15, -0.1) is 12.4 Å². The van der Waals surface area contributed by atoms with Gasteiger partial charge in [-0.1, -0.05) is 12.1 Å². The number of para-hydroxylation sites is 2. The summed E-state index contributed by atoms with van der Waals surface area (Å²) in [5.74, 6) is -0.0257. The normalized spacial score (nSPS) is 15.3. The van der Waals surface area contributed by atoms with Crippen LogP contribution in [0.4, 0.5) is 0 Å². The number of nitrogens with one attached hydrogen (secondary N) is 1. The van der Waals surface area contributed by atoms with Crippen molar-refractivity contribution in [2.45, 2.75) is 31.9 Å². The largest absolute Gasteiger partial charge is 0.378 e. The molecule has 1 aliphatic rings. The molecular formula is C17H25ClN4O3. The van der Waals surface area contributed by atoms with Gasteiger partial charge in [-0.3, -0.25) is 9.36 Å². The Morgan fingerprint density at radius 2 is 2.00 bits per heavy atom. The maximum Gasteiger partial charge on any atom is 0.326 e. The van der Waals surface area contributed by atoms with Gasteiger partial charge in [0.15, 0.2) is 0 Å². The van der Waals surface area contributed by atoms with Crippen LogP contribution < -0.4 is 11.4 Å². The van der Waals surface area contributed by atoms with E-state index in [2.05, 4.69) is 4.98 Å². The van der Waals surface area contributed by atoms with Crippen molar-refractivity contribution in [2.75, 3.05) is 26.2 Å². The number of imidazole rings is 1. The SMILES string of the molecule is Cl.NCCCOC1CCN(C(=O)Cn2c(=O)[nH]c3ccccc32)CC1. The maximum atomic E-state index is 12.5. The van der Waals surface area contributed by atoms with Crippen LogP contribution in [0.3, 0.4) is 0 Å². The number of hydrogen-bond acceptors (Lipinski definition) is 4. The first kappa shape index (κ1) is 19.5. The highest BCUT2D eigenvalue weighted by Crippen LogP contribution is 2.15. The molecule has 0 bridgehead atoms. The summed E-state index contributed by atoms with van der Waals surface area (Å²) >= 11 is 0. The molecule has 1 aromatic heterocycles. The fourth-order valence-electron chi connectivity index (χ4n) is 3.10. The van der Waals surface area contributed by atoms with Crippen LogP contribution in [0.15, 0.2) is 29.1 Å². The number of benzene rings is 1. The van der Waals surface area contributed by atoms with E-state index in [1.54, 1.807) is 0 Å². The summed E-state index contributed by atoms with van der Waals surface area (Å²) < 4.78 is 7.26. The van der Waals surface area contributed by atoms with Gasteiger partial charge in [-0.2, -0.15) is 0 Å². The molecule has 1 aliphatic heterocycles. The molecule has 2 aromatic rings. The second-order valence-electron chi connectivity index (χ2n) is 6.13. The molecule has 138 valence electrons. The molecule has 0 radical (unpaired) electrons. The standard InChI is InChI=1S/C17H24N4O3.ClH/c18-8-3-11-24-13-6-9-20(10-7-13)16(22)12-21-15-5-2-1-4-14(15)19-17(21)23;/h1-2,4-5,13H,3,6-12,18H2,(H,19,23);1H. The highest BCUT2D eigenvalue weighted by atomic mass is 35.5. The summed E-state index contributed by atoms with van der Waals surface area (Å²) in [6, 6.07) is 7.40. The molecule has 3 N–H and O–H groups in total. The zero-order valence-corrected chi connectivity index (χ0v) is 15.0. The Balaban J connectivity index is 0.00000225. The van der Waals surface area contributed by atoms with Crippen molar-refractivity contribution in [3.63, 3.8) is 0 Å². The van der Waals surface area contributed by atoms with Crippen LogP contribution in [0.1, 0.15) is 19.3 Å². The van der Waals surface area contributed by atoms with Crippen molar-refractivity contribution in [1.29, 1.82) is 0 Å². The summed E-state index contributed by atoms with van der Waals surface area (Å²) in [6.07, 6.45) is 2.73. The van der Waals surface area contributed by atoms with E-state index in [9.17, 15) is 9.59 Å². The van der Waals surface area contributed by atoms with Crippen molar-refractivity contribution in [1.82, 2.24) is 14.5 Å². The number of H-pyrrole nitrogens is 1. The van der Waals surface area contributed by atoms with Crippen LogP contribution in [0.25, 0.3) is 11.0 Å². The number of halogens is 1. The zero-order valence-electron chi connectivity index (χ0n) is 14.1. The summed E-state index contributed by atoms with van der Waals surface area (Å²) in [5, 5.41) is 0. The van der Waals surface area contributed by atoms with Gasteiger partial charge in [-0.05, 0) is 37.9 Å². The predicted octanol–water partition coefficient (Wildman–Crippen LogP) is 1.11. The molecular weight excluding hydrogens is 344 g/mol. The van der Waals surface area contributed by atoms with E-state index >= 15 is 0 Å². The molecule has 1 amide bonds. The first-order valence-electron chi connectivity index (χ1n) is 8.46. The number of nitrogens with two attached hydrogens (primary N) is 1. The number of likely N-dealkylation sites (tertiary alicyclic amines) is 1. The first-order valence-corrected chi connectivity index (χ1v) is 8.46. The first-order chi connectivity index (χ1) is 11.7. The smallest absolute Gasteiger partial charge is 0.326 e. The van der Waals surface area contributed by atoms with Crippen molar-refractivity contribution in [3.05, 3.63) is 34.7 Å². The Bertz CT molecular complexity index is 750. The van der Waals surface area contributed by atoms with Gasteiger partial charge in [0, 0.05) is 19.7 Å². The third-order valence-electron chi connectivity index (χ3n) is 4.47. The molecule has 8 heteroatoms. The lowest BCUT2D eigenvalue weighted by molar-refractivity contribution is -0.134. The van der Waals surface area contributed by atoms with Crippen molar-refractivity contribution < 1.29 is 9.53 Å². The molecule has 3 rings (SSSR count). The summed E-state index contributed by atoms with van der Waals surface area (Å²) in [6.45, 7) is 2.73. The summed E-state index contributed by atoms with van der Waals surface area (Å²) in [4.78, 5) is 29.2. The van der Waals surface area contributed by atoms with Gasteiger partial charge in [0.05, 0.1) is 17.1 Å². The molecule has 0 aliphatic carbocycles. The topological polar surface area (TPSA) is 93.3 Å². The summed E-state index contributed by atoms with van der Waals surface area (Å²) in [7, 11) is 0. The maximum absolute atomic E-state index is 12.5. The average Bonchev–Trinajstić information content (AvgIpc) is 2.91. The van der Waals surface area contributed by atoms with Crippen molar-refractivity contribution >= 4 is 29.3 Å². The van der Waals surface area contributed by atoms with Crippen LogP contribution in [0.5, 0.6) is 0 Å². The van der Waals surface area contributed by atoms with Gasteiger partial charge in [0.2, 0.25) is 5.91 Å². The molecule has 1 saturated heterocycles. The minimum Gasteiger partial charge on any atom is -0.378 e. The Hall–Kier alpha value is -1.83. The number of carbonyl (C=O) groups is 1. The Labute approximate surface area is 152 Å². The second kappa shape index (κ2) is 9.03. The van der Waals surface area contributed by atoms with E-state index in [0.717, 1.165) is 30.3 Å². The van der Waals surface area contributed by atoms with Gasteiger partial charge < -0.3 is 20.4 Å². The number of hydrogen-bond donors (Lipinski definition) is 2. The molecule has 7 nitrogen and oxygen atoms in total. The lowest BCUT2D eigenvalue weighted by Crippen LogP contribution is -2.43. The quantitative estimate of drug-likeness (QED) is 0.747. The monoisotopic (exact) mass is 368 g/mol. The fourth-order valence-corrected chi connectivity index (χ4v) is 3.10. The fraction of sp³-hybridized carbons (Fsp3) is 0.529. The average molecular weight is 369 g/mol. The van der Waals surface area contributed by atoms with Crippen LogP contribution in [-0.2, 0) is 16.1 Å². The highest BCUT2D eigenvalue weighted by molar-refractivity contribution is 5.85. The number of nitrogens with zero attached hydrogens (tertiary/aromatic N) is 2. The van der Waals surface area contributed by atoms with Gasteiger partial charge in [0.1, 0.15) is 6.54 Å². The van der Waals surface area contributed by atoms with Crippen molar-refractivity contribution in [2.24, 2.45) is 5.73 Å². The highest BCUT2D eigenvalue weighted by Gasteiger charge is 2.24. The van der Waals surface area contributed by atoms with E-state index < -0.39 is 0 Å². The molecule has 0 atom stereocenters. The predicted molar refractivity (Wildman–Crippen MR) is 99.0 cm³/mol. The minimum absolute atomic E-state index is 0. The number of fused-ring (bicyclic) bond motifs is 1. The van der Waals surface area contributed by atoms with Crippen LogP contribution in [0.2, 0.25) is 0 Å². The van der Waals surface area contributed by atoms with Crippen LogP contribution in [-0.4, -0.2) is 52.7 Å². The zero-order chi connectivity index (χ0) is 16.9.